The molecule has 2 aliphatic rings. The number of hydrogen-bond donors (Lipinski definition) is 0. The van der Waals surface area contributed by atoms with Crippen LogP contribution in [0.2, 0.25) is 0 Å². The van der Waals surface area contributed by atoms with Crippen LogP contribution in [-0.2, 0) is 9.59 Å². The number of fused-ring (bicyclic) bond motifs is 1. The molecule has 0 aliphatic carbocycles. The number of aryl methyl sites for hydroxylation is 2. The third-order valence-corrected chi connectivity index (χ3v) is 6.58. The molecule has 1 saturated heterocycles. The highest BCUT2D eigenvalue weighted by Gasteiger charge is 2.42. The van der Waals surface area contributed by atoms with Crippen LogP contribution < -0.4 is 14.5 Å². The van der Waals surface area contributed by atoms with Gasteiger partial charge in [-0.3, -0.25) is 29.3 Å². The molecule has 10 heteroatoms. The van der Waals surface area contributed by atoms with Gasteiger partial charge in [0, 0.05) is 24.7 Å². The van der Waals surface area contributed by atoms with Crippen LogP contribution in [0.3, 0.4) is 0 Å². The number of carbonyl (C=O) groups is 4. The number of amides is 3. The summed E-state index contributed by atoms with van der Waals surface area (Å²) < 4.78 is 5.53. The molecule has 0 radical (unpaired) electrons. The standard InChI is InChI=1S/C27H21N3O7/c1-15-6-3-4-8-20(15)28-14-17(13-23(28)31)27(34)37-18-10-11-21(16(2)12-18)29-25(32)19-7-5-9-22(30(35)36)24(19)26(29)33/h3-12,17H,13-14H2,1-2H3/t17-/m0/s1. The number of hydrogen-bond acceptors (Lipinski definition) is 7. The van der Waals surface area contributed by atoms with Gasteiger partial charge in [0.15, 0.2) is 0 Å². The zero-order valence-electron chi connectivity index (χ0n) is 20.0. The number of nitro benzene ring substituents is 1. The van der Waals surface area contributed by atoms with Crippen LogP contribution in [0.15, 0.2) is 60.7 Å². The molecule has 5 rings (SSSR count). The zero-order valence-corrected chi connectivity index (χ0v) is 20.0. The molecule has 0 aromatic heterocycles. The third-order valence-electron chi connectivity index (χ3n) is 6.58. The van der Waals surface area contributed by atoms with Crippen molar-refractivity contribution in [2.24, 2.45) is 5.92 Å². The minimum Gasteiger partial charge on any atom is -0.426 e. The minimum absolute atomic E-state index is 0.0258. The first kappa shape index (κ1) is 23.9. The molecule has 1 fully saturated rings. The number of rotatable bonds is 5. The Kier molecular flexibility index (Phi) is 5.79. The number of imide groups is 1. The molecule has 0 bridgehead atoms. The lowest BCUT2D eigenvalue weighted by atomic mass is 10.1. The van der Waals surface area contributed by atoms with E-state index in [1.54, 1.807) is 11.8 Å². The van der Waals surface area contributed by atoms with E-state index >= 15 is 0 Å². The molecule has 0 saturated carbocycles. The fourth-order valence-corrected chi connectivity index (χ4v) is 4.74. The zero-order chi connectivity index (χ0) is 26.4. The van der Waals surface area contributed by atoms with E-state index in [1.807, 2.05) is 31.2 Å². The van der Waals surface area contributed by atoms with Gasteiger partial charge in [0.05, 0.1) is 22.1 Å². The first-order valence-electron chi connectivity index (χ1n) is 11.5. The molecular weight excluding hydrogens is 478 g/mol. The summed E-state index contributed by atoms with van der Waals surface area (Å²) in [6, 6.07) is 15.7. The van der Waals surface area contributed by atoms with Crippen LogP contribution >= 0.6 is 0 Å². The minimum atomic E-state index is -0.791. The summed E-state index contributed by atoms with van der Waals surface area (Å²) in [5.74, 6) is -2.65. The normalized spacial score (nSPS) is 16.8. The Morgan fingerprint density at radius 1 is 0.946 bits per heavy atom. The van der Waals surface area contributed by atoms with E-state index in [1.165, 1.54) is 36.4 Å². The molecule has 2 heterocycles. The van der Waals surface area contributed by atoms with Crippen molar-refractivity contribution in [2.45, 2.75) is 20.3 Å². The van der Waals surface area contributed by atoms with Gasteiger partial charge in [-0.25, -0.2) is 4.90 Å². The van der Waals surface area contributed by atoms with E-state index in [4.69, 9.17) is 4.74 Å². The highest BCUT2D eigenvalue weighted by molar-refractivity contribution is 6.35. The topological polar surface area (TPSA) is 127 Å². The van der Waals surface area contributed by atoms with E-state index in [0.29, 0.717) is 5.56 Å². The van der Waals surface area contributed by atoms with Gasteiger partial charge in [-0.1, -0.05) is 24.3 Å². The quantitative estimate of drug-likeness (QED) is 0.171. The number of anilines is 2. The van der Waals surface area contributed by atoms with Gasteiger partial charge in [0.25, 0.3) is 17.5 Å². The average Bonchev–Trinajstić information content (AvgIpc) is 3.37. The molecule has 3 amide bonds. The van der Waals surface area contributed by atoms with Gasteiger partial charge in [-0.15, -0.1) is 0 Å². The van der Waals surface area contributed by atoms with Gasteiger partial charge >= 0.3 is 5.97 Å². The van der Waals surface area contributed by atoms with Gasteiger partial charge in [-0.2, -0.15) is 0 Å². The van der Waals surface area contributed by atoms with Crippen molar-refractivity contribution in [3.05, 3.63) is 93.0 Å². The smallest absolute Gasteiger partial charge is 0.316 e. The summed E-state index contributed by atoms with van der Waals surface area (Å²) in [5, 5.41) is 11.4. The van der Waals surface area contributed by atoms with Crippen molar-refractivity contribution in [1.82, 2.24) is 0 Å². The first-order valence-corrected chi connectivity index (χ1v) is 11.5. The Hall–Kier alpha value is -4.86. The van der Waals surface area contributed by atoms with E-state index in [9.17, 15) is 29.3 Å². The fourth-order valence-electron chi connectivity index (χ4n) is 4.74. The van der Waals surface area contributed by atoms with Crippen LogP contribution in [0.1, 0.15) is 38.3 Å². The van der Waals surface area contributed by atoms with Gasteiger partial charge in [-0.05, 0) is 55.3 Å². The Balaban J connectivity index is 1.33. The Bertz CT molecular complexity index is 1510. The maximum absolute atomic E-state index is 13.0. The summed E-state index contributed by atoms with van der Waals surface area (Å²) >= 11 is 0. The summed E-state index contributed by atoms with van der Waals surface area (Å²) in [4.78, 5) is 64.5. The molecule has 10 nitrogen and oxygen atoms in total. The molecule has 3 aromatic carbocycles. The van der Waals surface area contributed by atoms with Crippen LogP contribution in [0.25, 0.3) is 0 Å². The molecule has 3 aromatic rings. The van der Waals surface area contributed by atoms with E-state index in [2.05, 4.69) is 0 Å². The van der Waals surface area contributed by atoms with Crippen molar-refractivity contribution < 1.29 is 28.8 Å². The van der Waals surface area contributed by atoms with Crippen molar-refractivity contribution in [3.63, 3.8) is 0 Å². The first-order chi connectivity index (χ1) is 17.7. The van der Waals surface area contributed by atoms with Crippen LogP contribution in [0, 0.1) is 29.9 Å². The molecule has 1 atom stereocenters. The van der Waals surface area contributed by atoms with Gasteiger partial charge in [0.2, 0.25) is 5.91 Å². The van der Waals surface area contributed by atoms with E-state index < -0.39 is 34.3 Å². The molecule has 37 heavy (non-hydrogen) atoms. The highest BCUT2D eigenvalue weighted by atomic mass is 16.6. The average molecular weight is 499 g/mol. The maximum Gasteiger partial charge on any atom is 0.316 e. The second kappa shape index (κ2) is 8.98. The van der Waals surface area contributed by atoms with E-state index in [0.717, 1.165) is 16.2 Å². The van der Waals surface area contributed by atoms with Crippen LogP contribution in [0.5, 0.6) is 5.75 Å². The summed E-state index contributed by atoms with van der Waals surface area (Å²) in [6.07, 6.45) is 0.0258. The largest absolute Gasteiger partial charge is 0.426 e. The van der Waals surface area contributed by atoms with Crippen LogP contribution in [0.4, 0.5) is 17.1 Å². The summed E-state index contributed by atoms with van der Waals surface area (Å²) in [5.41, 5.74) is 1.62. The Morgan fingerprint density at radius 3 is 2.41 bits per heavy atom. The molecule has 0 N–H and O–H groups in total. The number of carbonyl (C=O) groups excluding carboxylic acids is 4. The van der Waals surface area contributed by atoms with Crippen molar-refractivity contribution >= 4 is 40.8 Å². The van der Waals surface area contributed by atoms with E-state index in [-0.39, 0.29) is 41.4 Å². The monoisotopic (exact) mass is 499 g/mol. The summed E-state index contributed by atoms with van der Waals surface area (Å²) in [6.45, 7) is 3.72. The van der Waals surface area contributed by atoms with Gasteiger partial charge < -0.3 is 9.64 Å². The number of nitro groups is 1. The number of benzene rings is 3. The third kappa shape index (κ3) is 4.02. The summed E-state index contributed by atoms with van der Waals surface area (Å²) in [7, 11) is 0. The number of nitrogens with zero attached hydrogens (tertiary/aromatic N) is 3. The highest BCUT2D eigenvalue weighted by Crippen LogP contribution is 2.36. The second-order valence-electron chi connectivity index (χ2n) is 8.96. The Morgan fingerprint density at radius 2 is 1.70 bits per heavy atom. The van der Waals surface area contributed by atoms with Crippen molar-refractivity contribution in [1.29, 1.82) is 0 Å². The van der Waals surface area contributed by atoms with Crippen molar-refractivity contribution in [3.8, 4) is 5.75 Å². The van der Waals surface area contributed by atoms with Crippen LogP contribution in [-0.4, -0.2) is 35.2 Å². The predicted octanol–water partition coefficient (Wildman–Crippen LogP) is 3.97. The molecule has 0 spiro atoms. The molecular formula is C27H21N3O7. The van der Waals surface area contributed by atoms with Crippen molar-refractivity contribution in [2.75, 3.05) is 16.3 Å². The lowest BCUT2D eigenvalue weighted by Gasteiger charge is -2.19. The molecule has 0 unspecified atom stereocenters. The maximum atomic E-state index is 13.0. The van der Waals surface area contributed by atoms with Gasteiger partial charge in [0.1, 0.15) is 11.3 Å². The predicted molar refractivity (Wildman–Crippen MR) is 133 cm³/mol. The number of para-hydroxylation sites is 1. The number of esters is 1. The fraction of sp³-hybridized carbons (Fsp3) is 0.185. The lowest BCUT2D eigenvalue weighted by molar-refractivity contribution is -0.385. The Labute approximate surface area is 211 Å². The molecule has 186 valence electrons. The lowest BCUT2D eigenvalue weighted by Crippen LogP contribution is -2.30. The second-order valence-corrected chi connectivity index (χ2v) is 8.96. The molecule has 2 aliphatic heterocycles. The number of ether oxygens (including phenoxy) is 1. The SMILES string of the molecule is Cc1ccccc1N1C[C@@H](C(=O)Oc2ccc(N3C(=O)c4cccc([N+](=O)[O-])c4C3=O)c(C)c2)CC1=O.